The third-order valence-electron chi connectivity index (χ3n) is 2.23. The average Bonchev–Trinajstić information content (AvgIpc) is 2.21. The molecule has 1 aliphatic carbocycles. The number of hydrogen-bond donors (Lipinski definition) is 1. The zero-order valence-electron chi connectivity index (χ0n) is 7.77. The van der Waals surface area contributed by atoms with Crippen LogP contribution >= 0.6 is 0 Å². The highest BCUT2D eigenvalue weighted by molar-refractivity contribution is 6.42. The van der Waals surface area contributed by atoms with E-state index in [1.165, 1.54) is 6.07 Å². The molecule has 0 atom stereocenters. The van der Waals surface area contributed by atoms with E-state index in [-0.39, 0.29) is 6.10 Å². The number of ether oxygens (including phenoxy) is 1. The molecule has 0 amide bonds. The maximum Gasteiger partial charge on any atom is 0.371 e. The quantitative estimate of drug-likeness (QED) is 0.311. The third-order valence-corrected chi connectivity index (χ3v) is 2.23. The van der Waals surface area contributed by atoms with Crippen molar-refractivity contribution < 1.29 is 14.7 Å². The first-order valence-corrected chi connectivity index (χ1v) is 4.61. The summed E-state index contributed by atoms with van der Waals surface area (Å²) in [5, 5.41) is 19.2. The molecule has 0 heterocycles. The lowest BCUT2D eigenvalue weighted by Gasteiger charge is -2.20. The van der Waals surface area contributed by atoms with Crippen LogP contribution in [0, 0.1) is 11.3 Å². The van der Waals surface area contributed by atoms with Gasteiger partial charge in [-0.1, -0.05) is 11.6 Å². The fraction of sp³-hybridized carbons (Fsp3) is 0.667. The molecule has 0 unspecified atom stereocenters. The topological polar surface area (TPSA) is 82.7 Å². The molecule has 14 heavy (non-hydrogen) atoms. The lowest BCUT2D eigenvalue weighted by molar-refractivity contribution is -0.142. The number of rotatable bonds is 2. The van der Waals surface area contributed by atoms with Gasteiger partial charge in [0, 0.05) is 0 Å². The van der Waals surface area contributed by atoms with E-state index < -0.39 is 11.7 Å². The maximum atomic E-state index is 11.1. The van der Waals surface area contributed by atoms with Crippen LogP contribution in [0.2, 0.25) is 0 Å². The first kappa shape index (κ1) is 10.5. The molecule has 0 aromatic carbocycles. The van der Waals surface area contributed by atoms with Gasteiger partial charge < -0.3 is 9.94 Å². The Labute approximate surface area is 82.0 Å². The van der Waals surface area contributed by atoms with Crippen molar-refractivity contribution in [2.24, 2.45) is 5.16 Å². The maximum absolute atomic E-state index is 11.1. The van der Waals surface area contributed by atoms with E-state index in [0.29, 0.717) is 0 Å². The molecule has 1 saturated carbocycles. The number of carbonyl (C=O) groups is 1. The zero-order valence-corrected chi connectivity index (χ0v) is 7.77. The third kappa shape index (κ3) is 2.73. The normalized spacial score (nSPS) is 18.6. The molecule has 1 aliphatic rings. The average molecular weight is 196 g/mol. The van der Waals surface area contributed by atoms with Crippen molar-refractivity contribution in [1.82, 2.24) is 0 Å². The minimum atomic E-state index is -0.832. The van der Waals surface area contributed by atoms with Gasteiger partial charge in [-0.05, 0) is 25.7 Å². The Kier molecular flexibility index (Phi) is 3.92. The second-order valence-electron chi connectivity index (χ2n) is 3.23. The van der Waals surface area contributed by atoms with Crippen molar-refractivity contribution in [3.05, 3.63) is 0 Å². The number of nitriles is 1. The van der Waals surface area contributed by atoms with Gasteiger partial charge in [0.15, 0.2) is 0 Å². The van der Waals surface area contributed by atoms with Gasteiger partial charge in [0.25, 0.3) is 5.71 Å². The van der Waals surface area contributed by atoms with Crippen LogP contribution in [-0.2, 0) is 9.53 Å². The van der Waals surface area contributed by atoms with Gasteiger partial charge in [-0.15, -0.1) is 0 Å². The smallest absolute Gasteiger partial charge is 0.371 e. The van der Waals surface area contributed by atoms with E-state index in [2.05, 4.69) is 5.16 Å². The fourth-order valence-corrected chi connectivity index (χ4v) is 1.50. The van der Waals surface area contributed by atoms with Crippen LogP contribution in [0.15, 0.2) is 5.16 Å². The van der Waals surface area contributed by atoms with E-state index in [1.54, 1.807) is 0 Å². The predicted molar refractivity (Wildman–Crippen MR) is 47.8 cm³/mol. The van der Waals surface area contributed by atoms with Gasteiger partial charge in [-0.25, -0.2) is 4.79 Å². The number of oxime groups is 1. The van der Waals surface area contributed by atoms with Crippen molar-refractivity contribution in [3.8, 4) is 6.07 Å². The molecule has 1 N–H and O–H groups in total. The number of esters is 1. The van der Waals surface area contributed by atoms with Crippen LogP contribution in [0.25, 0.3) is 0 Å². The second-order valence-corrected chi connectivity index (χ2v) is 3.23. The van der Waals surface area contributed by atoms with Crippen LogP contribution in [0.3, 0.4) is 0 Å². The van der Waals surface area contributed by atoms with Crippen LogP contribution in [-0.4, -0.2) is 23.0 Å². The molecule has 0 radical (unpaired) electrons. The predicted octanol–water partition coefficient (Wildman–Crippen LogP) is 1.22. The van der Waals surface area contributed by atoms with E-state index in [9.17, 15) is 4.79 Å². The lowest BCUT2D eigenvalue weighted by atomic mass is 9.98. The monoisotopic (exact) mass is 196 g/mol. The summed E-state index contributed by atoms with van der Waals surface area (Å²) in [5.41, 5.74) is -0.587. The molecule has 0 bridgehead atoms. The SMILES string of the molecule is N#C/C(=N/O)C(=O)OC1CCCCC1. The summed E-state index contributed by atoms with van der Waals surface area (Å²) >= 11 is 0. The summed E-state index contributed by atoms with van der Waals surface area (Å²) in [6.07, 6.45) is 4.77. The largest absolute Gasteiger partial charge is 0.457 e. The summed E-state index contributed by atoms with van der Waals surface area (Å²) in [6, 6.07) is 1.47. The van der Waals surface area contributed by atoms with Crippen molar-refractivity contribution >= 4 is 11.7 Å². The van der Waals surface area contributed by atoms with Gasteiger partial charge in [-0.2, -0.15) is 5.26 Å². The van der Waals surface area contributed by atoms with Crippen molar-refractivity contribution in [3.63, 3.8) is 0 Å². The number of carbonyl (C=O) groups excluding carboxylic acids is 1. The first-order chi connectivity index (χ1) is 6.77. The molecule has 0 aromatic heterocycles. The Morgan fingerprint density at radius 1 is 1.43 bits per heavy atom. The van der Waals surface area contributed by atoms with Crippen LogP contribution in [0.5, 0.6) is 0 Å². The molecule has 1 fully saturated rings. The minimum absolute atomic E-state index is 0.124. The molecule has 5 heteroatoms. The Morgan fingerprint density at radius 3 is 2.57 bits per heavy atom. The van der Waals surface area contributed by atoms with Crippen molar-refractivity contribution in [1.29, 1.82) is 5.26 Å². The number of hydrogen-bond acceptors (Lipinski definition) is 5. The molecule has 0 aromatic rings. The molecule has 5 nitrogen and oxygen atoms in total. The highest BCUT2D eigenvalue weighted by atomic mass is 16.5. The van der Waals surface area contributed by atoms with E-state index in [4.69, 9.17) is 15.2 Å². The summed E-state index contributed by atoms with van der Waals surface area (Å²) in [7, 11) is 0. The van der Waals surface area contributed by atoms with Gasteiger partial charge in [0.05, 0.1) is 0 Å². The molecule has 76 valence electrons. The molecule has 0 aliphatic heterocycles. The highest BCUT2D eigenvalue weighted by Crippen LogP contribution is 2.20. The molecular weight excluding hydrogens is 184 g/mol. The molecular formula is C9H12N2O3. The second kappa shape index (κ2) is 5.22. The van der Waals surface area contributed by atoms with Crippen LogP contribution < -0.4 is 0 Å². The molecule has 0 spiro atoms. The summed E-state index contributed by atoms with van der Waals surface area (Å²) in [4.78, 5) is 11.1. The first-order valence-electron chi connectivity index (χ1n) is 4.61. The Morgan fingerprint density at radius 2 is 2.07 bits per heavy atom. The van der Waals surface area contributed by atoms with Crippen LogP contribution in [0.1, 0.15) is 32.1 Å². The zero-order chi connectivity index (χ0) is 10.4. The van der Waals surface area contributed by atoms with Crippen molar-refractivity contribution in [2.75, 3.05) is 0 Å². The lowest BCUT2D eigenvalue weighted by Crippen LogP contribution is -2.25. The van der Waals surface area contributed by atoms with E-state index >= 15 is 0 Å². The Balaban J connectivity index is 2.43. The van der Waals surface area contributed by atoms with Gasteiger partial charge in [0.1, 0.15) is 12.2 Å². The van der Waals surface area contributed by atoms with Crippen molar-refractivity contribution in [2.45, 2.75) is 38.2 Å². The summed E-state index contributed by atoms with van der Waals surface area (Å²) in [5.74, 6) is -0.832. The standard InChI is InChI=1S/C9H12N2O3/c10-6-8(11-13)9(12)14-7-4-2-1-3-5-7/h7,13H,1-5H2/b11-8-. The van der Waals surface area contributed by atoms with Crippen LogP contribution in [0.4, 0.5) is 0 Å². The van der Waals surface area contributed by atoms with Gasteiger partial charge in [-0.3, -0.25) is 0 Å². The summed E-state index contributed by atoms with van der Waals surface area (Å²) in [6.45, 7) is 0. The minimum Gasteiger partial charge on any atom is -0.457 e. The van der Waals surface area contributed by atoms with Gasteiger partial charge >= 0.3 is 5.97 Å². The van der Waals surface area contributed by atoms with E-state index in [1.807, 2.05) is 0 Å². The highest BCUT2D eigenvalue weighted by Gasteiger charge is 2.21. The Hall–Kier alpha value is -1.57. The molecule has 0 saturated heterocycles. The van der Waals surface area contributed by atoms with E-state index in [0.717, 1.165) is 32.1 Å². The molecule has 1 rings (SSSR count). The fourth-order valence-electron chi connectivity index (χ4n) is 1.50. The summed E-state index contributed by atoms with van der Waals surface area (Å²) < 4.78 is 4.98. The van der Waals surface area contributed by atoms with Gasteiger partial charge in [0.2, 0.25) is 0 Å². The Bertz CT molecular complexity index is 274. The number of nitrogens with zero attached hydrogens (tertiary/aromatic N) is 2.